The van der Waals surface area contributed by atoms with Crippen molar-refractivity contribution in [2.24, 2.45) is 0 Å². The highest BCUT2D eigenvalue weighted by molar-refractivity contribution is 6.00. The number of rotatable bonds is 7. The van der Waals surface area contributed by atoms with E-state index < -0.39 is 0 Å². The minimum Gasteiger partial charge on any atom is -0.487 e. The molecule has 1 fully saturated rings. The van der Waals surface area contributed by atoms with Gasteiger partial charge in [0.2, 0.25) is 0 Å². The smallest absolute Gasteiger partial charge is 0.253 e. The molecule has 2 aromatic carbocycles. The Morgan fingerprint density at radius 3 is 2.27 bits per heavy atom. The molecule has 0 aliphatic carbocycles. The monoisotopic (exact) mass is 440 g/mol. The molecule has 1 N–H and O–H groups in total. The predicted octanol–water partition coefficient (Wildman–Crippen LogP) is 4.29. The Balaban J connectivity index is 1.26. The summed E-state index contributed by atoms with van der Waals surface area (Å²) in [6.45, 7) is 1.47. The molecule has 0 saturated carbocycles. The van der Waals surface area contributed by atoms with E-state index in [2.05, 4.69) is 15.2 Å². The van der Waals surface area contributed by atoms with Crippen molar-refractivity contribution in [2.75, 3.05) is 25.0 Å². The van der Waals surface area contributed by atoms with Crippen LogP contribution in [-0.4, -0.2) is 41.7 Å². The Kier molecular flexibility index (Phi) is 5.68. The lowest BCUT2D eigenvalue weighted by Gasteiger charge is -2.41. The van der Waals surface area contributed by atoms with Gasteiger partial charge in [-0.1, -0.05) is 6.07 Å². The molecule has 7 nitrogen and oxygen atoms in total. The number of para-hydroxylation sites is 1. The van der Waals surface area contributed by atoms with Gasteiger partial charge in [0.15, 0.2) is 0 Å². The van der Waals surface area contributed by atoms with Gasteiger partial charge >= 0.3 is 0 Å². The van der Waals surface area contributed by atoms with Crippen LogP contribution in [0.25, 0.3) is 5.69 Å². The van der Waals surface area contributed by atoms with Crippen LogP contribution in [0.1, 0.15) is 10.4 Å². The SMILES string of the molecule is CNC(=O)c1cccc(N2CC(Oc3ccc(Oc4ccncc4)cc3)C2)c1-n1cccc1. The summed E-state index contributed by atoms with van der Waals surface area (Å²) in [5.74, 6) is 2.17. The zero-order valence-corrected chi connectivity index (χ0v) is 18.2. The van der Waals surface area contributed by atoms with Gasteiger partial charge in [-0.3, -0.25) is 9.78 Å². The topological polar surface area (TPSA) is 68.6 Å². The van der Waals surface area contributed by atoms with E-state index in [1.165, 1.54) is 0 Å². The van der Waals surface area contributed by atoms with Gasteiger partial charge in [-0.15, -0.1) is 0 Å². The quantitative estimate of drug-likeness (QED) is 0.464. The second-order valence-electron chi connectivity index (χ2n) is 7.74. The summed E-state index contributed by atoms with van der Waals surface area (Å²) < 4.78 is 13.9. The normalized spacial score (nSPS) is 13.3. The lowest BCUT2D eigenvalue weighted by Crippen LogP contribution is -2.54. The third kappa shape index (κ3) is 4.39. The lowest BCUT2D eigenvalue weighted by atomic mass is 10.0. The van der Waals surface area contributed by atoms with E-state index in [9.17, 15) is 4.79 Å². The zero-order valence-electron chi connectivity index (χ0n) is 18.2. The van der Waals surface area contributed by atoms with Gasteiger partial charge in [0.25, 0.3) is 5.91 Å². The van der Waals surface area contributed by atoms with Crippen LogP contribution in [0.5, 0.6) is 17.2 Å². The number of hydrogen-bond donors (Lipinski definition) is 1. The van der Waals surface area contributed by atoms with Crippen molar-refractivity contribution in [2.45, 2.75) is 6.10 Å². The number of nitrogens with zero attached hydrogens (tertiary/aromatic N) is 3. The molecule has 1 saturated heterocycles. The molecule has 7 heteroatoms. The first kappa shape index (κ1) is 20.6. The van der Waals surface area contributed by atoms with Gasteiger partial charge in [-0.2, -0.15) is 0 Å². The van der Waals surface area contributed by atoms with Gasteiger partial charge < -0.3 is 24.3 Å². The zero-order chi connectivity index (χ0) is 22.6. The van der Waals surface area contributed by atoms with E-state index in [4.69, 9.17) is 9.47 Å². The number of carbonyl (C=O) groups excluding carboxylic acids is 1. The lowest BCUT2D eigenvalue weighted by molar-refractivity contribution is 0.0963. The molecule has 1 amide bonds. The van der Waals surface area contributed by atoms with Crippen molar-refractivity contribution in [3.05, 3.63) is 97.1 Å². The Hall–Kier alpha value is -4.26. The number of anilines is 1. The fourth-order valence-corrected chi connectivity index (χ4v) is 3.89. The number of carbonyl (C=O) groups is 1. The van der Waals surface area contributed by atoms with Crippen LogP contribution in [0.3, 0.4) is 0 Å². The largest absolute Gasteiger partial charge is 0.487 e. The van der Waals surface area contributed by atoms with Crippen molar-refractivity contribution < 1.29 is 14.3 Å². The minimum atomic E-state index is -0.108. The third-order valence-electron chi connectivity index (χ3n) is 5.55. The van der Waals surface area contributed by atoms with Crippen molar-refractivity contribution in [3.8, 4) is 22.9 Å². The molecule has 5 rings (SSSR count). The van der Waals surface area contributed by atoms with Crippen molar-refractivity contribution in [1.29, 1.82) is 0 Å². The highest BCUT2D eigenvalue weighted by Gasteiger charge is 2.31. The fraction of sp³-hybridized carbons (Fsp3) is 0.154. The van der Waals surface area contributed by atoms with Gasteiger partial charge in [0.05, 0.1) is 30.0 Å². The van der Waals surface area contributed by atoms with Crippen LogP contribution in [0.15, 0.2) is 91.5 Å². The van der Waals surface area contributed by atoms with Crippen LogP contribution in [0, 0.1) is 0 Å². The molecule has 0 bridgehead atoms. The summed E-state index contributed by atoms with van der Waals surface area (Å²) in [6, 6.07) is 21.0. The number of nitrogens with one attached hydrogen (secondary N) is 1. The summed E-state index contributed by atoms with van der Waals surface area (Å²) in [7, 11) is 1.65. The van der Waals surface area contributed by atoms with E-state index in [1.807, 2.05) is 83.7 Å². The van der Waals surface area contributed by atoms with E-state index in [-0.39, 0.29) is 12.0 Å². The van der Waals surface area contributed by atoms with Crippen LogP contribution in [0.4, 0.5) is 5.69 Å². The summed E-state index contributed by atoms with van der Waals surface area (Å²) in [5.41, 5.74) is 2.52. The summed E-state index contributed by atoms with van der Waals surface area (Å²) in [6.07, 6.45) is 7.37. The highest BCUT2D eigenvalue weighted by Crippen LogP contribution is 2.33. The molecule has 4 aromatic rings. The summed E-state index contributed by atoms with van der Waals surface area (Å²) in [4.78, 5) is 18.7. The first-order valence-electron chi connectivity index (χ1n) is 10.8. The second kappa shape index (κ2) is 9.08. The maximum Gasteiger partial charge on any atom is 0.253 e. The molecule has 0 radical (unpaired) electrons. The van der Waals surface area contributed by atoms with Gasteiger partial charge in [-0.25, -0.2) is 0 Å². The number of aromatic nitrogens is 2. The van der Waals surface area contributed by atoms with Crippen LogP contribution in [-0.2, 0) is 0 Å². The first-order chi connectivity index (χ1) is 16.2. The Bertz CT molecular complexity index is 1220. The molecule has 3 heterocycles. The van der Waals surface area contributed by atoms with Crippen molar-refractivity contribution >= 4 is 11.6 Å². The molecule has 1 aliphatic heterocycles. The average Bonchev–Trinajstić information content (AvgIpc) is 3.36. The van der Waals surface area contributed by atoms with E-state index >= 15 is 0 Å². The fourth-order valence-electron chi connectivity index (χ4n) is 3.89. The molecule has 0 unspecified atom stereocenters. The van der Waals surface area contributed by atoms with Crippen molar-refractivity contribution in [3.63, 3.8) is 0 Å². The first-order valence-corrected chi connectivity index (χ1v) is 10.8. The molecule has 0 spiro atoms. The van der Waals surface area contributed by atoms with Crippen LogP contribution in [0.2, 0.25) is 0 Å². The molecular weight excluding hydrogens is 416 g/mol. The Morgan fingerprint density at radius 2 is 1.58 bits per heavy atom. The third-order valence-corrected chi connectivity index (χ3v) is 5.55. The average molecular weight is 441 g/mol. The summed E-state index contributed by atoms with van der Waals surface area (Å²) >= 11 is 0. The highest BCUT2D eigenvalue weighted by atomic mass is 16.5. The Labute approximate surface area is 192 Å². The maximum atomic E-state index is 12.5. The van der Waals surface area contributed by atoms with Crippen molar-refractivity contribution in [1.82, 2.24) is 14.9 Å². The van der Waals surface area contributed by atoms with E-state index in [1.54, 1.807) is 19.4 Å². The molecule has 2 aromatic heterocycles. The second-order valence-corrected chi connectivity index (χ2v) is 7.74. The van der Waals surface area contributed by atoms with E-state index in [0.29, 0.717) is 5.56 Å². The number of ether oxygens (including phenoxy) is 2. The standard InChI is InChI=1S/C26H24N4O3/c1-27-26(31)23-5-4-6-24(25(23)29-15-2-3-16-29)30-17-22(18-30)33-20-9-7-19(8-10-20)32-21-11-13-28-14-12-21/h2-16,22H,17-18H2,1H3,(H,27,31). The maximum absolute atomic E-state index is 12.5. The van der Waals surface area contributed by atoms with E-state index in [0.717, 1.165) is 41.7 Å². The predicted molar refractivity (Wildman–Crippen MR) is 127 cm³/mol. The Morgan fingerprint density at radius 1 is 0.909 bits per heavy atom. The van der Waals surface area contributed by atoms with Crippen LogP contribution < -0.4 is 19.7 Å². The number of hydrogen-bond acceptors (Lipinski definition) is 5. The summed E-state index contributed by atoms with van der Waals surface area (Å²) in [5, 5.41) is 2.74. The molecule has 0 atom stereocenters. The minimum absolute atomic E-state index is 0.0677. The molecule has 1 aliphatic rings. The van der Waals surface area contributed by atoms with Gasteiger partial charge in [-0.05, 0) is 60.7 Å². The van der Waals surface area contributed by atoms with Gasteiger partial charge in [0, 0.05) is 31.8 Å². The van der Waals surface area contributed by atoms with Crippen LogP contribution >= 0.6 is 0 Å². The molecule has 166 valence electrons. The number of amides is 1. The number of benzene rings is 2. The molecule has 33 heavy (non-hydrogen) atoms. The van der Waals surface area contributed by atoms with Gasteiger partial charge in [0.1, 0.15) is 23.4 Å². The number of pyridine rings is 1. The molecular formula is C26H24N4O3.